The molecule has 1 atom stereocenters. The van der Waals surface area contributed by atoms with E-state index in [1.807, 2.05) is 34.8 Å². The van der Waals surface area contributed by atoms with E-state index >= 15 is 0 Å². The summed E-state index contributed by atoms with van der Waals surface area (Å²) >= 11 is 1.62. The van der Waals surface area contributed by atoms with E-state index in [0.717, 1.165) is 42.9 Å². The van der Waals surface area contributed by atoms with Gasteiger partial charge in [0.15, 0.2) is 10.9 Å². The molecule has 2 fully saturated rings. The number of imidazole rings is 1. The quantitative estimate of drug-likeness (QED) is 0.669. The highest BCUT2D eigenvalue weighted by molar-refractivity contribution is 7.98. The number of rotatable bonds is 6. The fraction of sp³-hybridized carbons (Fsp3) is 0.636. The zero-order valence-electron chi connectivity index (χ0n) is 17.5. The molecular formula is C22H32N4O2S. The van der Waals surface area contributed by atoms with Gasteiger partial charge in [0.25, 0.3) is 5.91 Å². The summed E-state index contributed by atoms with van der Waals surface area (Å²) in [4.78, 5) is 21.9. The molecule has 2 aliphatic rings. The summed E-state index contributed by atoms with van der Waals surface area (Å²) in [5.41, 5.74) is 0. The number of piperidine rings is 2. The van der Waals surface area contributed by atoms with E-state index in [-0.39, 0.29) is 5.91 Å². The first-order chi connectivity index (χ1) is 14.1. The van der Waals surface area contributed by atoms with Crippen LogP contribution in [0.4, 0.5) is 0 Å². The Morgan fingerprint density at radius 1 is 1.24 bits per heavy atom. The number of aryl methyl sites for hydroxylation is 1. The maximum absolute atomic E-state index is 13.0. The van der Waals surface area contributed by atoms with Gasteiger partial charge in [-0.3, -0.25) is 4.79 Å². The molecule has 0 aliphatic carbocycles. The second-order valence-corrected chi connectivity index (χ2v) is 9.56. The largest absolute Gasteiger partial charge is 0.455 e. The average Bonchev–Trinajstić information content (AvgIpc) is 3.37. The van der Waals surface area contributed by atoms with Crippen molar-refractivity contribution in [2.45, 2.75) is 43.5 Å². The molecule has 4 heterocycles. The van der Waals surface area contributed by atoms with E-state index < -0.39 is 0 Å². The lowest BCUT2D eigenvalue weighted by Gasteiger charge is -2.37. The maximum atomic E-state index is 13.0. The Labute approximate surface area is 177 Å². The number of carbonyl (C=O) groups is 1. The smallest absolute Gasteiger partial charge is 0.289 e. The Balaban J connectivity index is 1.29. The highest BCUT2D eigenvalue weighted by atomic mass is 32.2. The van der Waals surface area contributed by atoms with Crippen molar-refractivity contribution in [2.24, 2.45) is 18.9 Å². The third-order valence-electron chi connectivity index (χ3n) is 6.19. The van der Waals surface area contributed by atoms with Crippen LogP contribution in [-0.2, 0) is 12.8 Å². The normalized spacial score (nSPS) is 21.6. The van der Waals surface area contributed by atoms with Gasteiger partial charge in [-0.2, -0.15) is 0 Å². The van der Waals surface area contributed by atoms with E-state index in [1.165, 1.54) is 32.4 Å². The Morgan fingerprint density at radius 3 is 2.83 bits per heavy atom. The predicted molar refractivity (Wildman–Crippen MR) is 115 cm³/mol. The Kier molecular flexibility index (Phi) is 6.65. The van der Waals surface area contributed by atoms with Gasteiger partial charge in [0.2, 0.25) is 0 Å². The number of thioether (sulfide) groups is 1. The molecule has 0 spiro atoms. The summed E-state index contributed by atoms with van der Waals surface area (Å²) < 4.78 is 7.86. The van der Waals surface area contributed by atoms with Gasteiger partial charge in [0.05, 0.1) is 5.75 Å². The van der Waals surface area contributed by atoms with Crippen LogP contribution in [-0.4, -0.2) is 58.0 Å². The number of nitrogens with zero attached hydrogens (tertiary/aromatic N) is 4. The first-order valence-electron chi connectivity index (χ1n) is 10.8. The number of likely N-dealkylation sites (tertiary alicyclic amines) is 2. The van der Waals surface area contributed by atoms with Gasteiger partial charge in [-0.1, -0.05) is 18.7 Å². The number of carbonyl (C=O) groups excluding carboxylic acids is 1. The zero-order chi connectivity index (χ0) is 20.2. The van der Waals surface area contributed by atoms with E-state index in [1.54, 1.807) is 18.0 Å². The second kappa shape index (κ2) is 9.39. The van der Waals surface area contributed by atoms with Crippen molar-refractivity contribution >= 4 is 17.7 Å². The molecule has 7 heteroatoms. The molecule has 0 N–H and O–H groups in total. The molecule has 1 amide bonds. The Bertz CT molecular complexity index is 809. The summed E-state index contributed by atoms with van der Waals surface area (Å²) in [6, 6.07) is 3.74. The van der Waals surface area contributed by atoms with Crippen LogP contribution < -0.4 is 0 Å². The first-order valence-corrected chi connectivity index (χ1v) is 11.8. The minimum atomic E-state index is 0.0372. The molecule has 0 bridgehead atoms. The van der Waals surface area contributed by atoms with Crippen molar-refractivity contribution in [1.29, 1.82) is 0 Å². The average molecular weight is 417 g/mol. The molecule has 1 unspecified atom stereocenters. The van der Waals surface area contributed by atoms with Gasteiger partial charge in [0, 0.05) is 39.1 Å². The standard InChI is InChI=1S/C22H32N4O2S/c1-17-7-11-25(12-8-17)14-18-4-3-10-26(15-18)21(27)20-6-5-19(28-20)16-29-22-23-9-13-24(22)2/h5-6,9,13,17-18H,3-4,7-8,10-12,14-16H2,1-2H3. The number of furan rings is 1. The lowest BCUT2D eigenvalue weighted by atomic mass is 9.94. The van der Waals surface area contributed by atoms with Crippen molar-refractivity contribution in [3.63, 3.8) is 0 Å². The molecule has 158 valence electrons. The monoisotopic (exact) mass is 416 g/mol. The van der Waals surface area contributed by atoms with Crippen molar-refractivity contribution in [3.8, 4) is 0 Å². The first kappa shape index (κ1) is 20.5. The van der Waals surface area contributed by atoms with Crippen LogP contribution in [0.3, 0.4) is 0 Å². The van der Waals surface area contributed by atoms with Crippen LogP contribution in [0.25, 0.3) is 0 Å². The number of amides is 1. The molecule has 0 aromatic carbocycles. The molecule has 2 saturated heterocycles. The van der Waals surface area contributed by atoms with Gasteiger partial charge < -0.3 is 18.8 Å². The summed E-state index contributed by atoms with van der Waals surface area (Å²) in [6.45, 7) is 7.58. The third-order valence-corrected chi connectivity index (χ3v) is 7.27. The van der Waals surface area contributed by atoms with E-state index in [9.17, 15) is 4.79 Å². The minimum absolute atomic E-state index is 0.0372. The zero-order valence-corrected chi connectivity index (χ0v) is 18.4. The van der Waals surface area contributed by atoms with Crippen molar-refractivity contribution < 1.29 is 9.21 Å². The number of hydrogen-bond acceptors (Lipinski definition) is 5. The van der Waals surface area contributed by atoms with Gasteiger partial charge >= 0.3 is 0 Å². The lowest BCUT2D eigenvalue weighted by molar-refractivity contribution is 0.0591. The van der Waals surface area contributed by atoms with Crippen LogP contribution in [0, 0.1) is 11.8 Å². The molecule has 6 nitrogen and oxygen atoms in total. The van der Waals surface area contributed by atoms with Crippen molar-refractivity contribution in [2.75, 3.05) is 32.7 Å². The minimum Gasteiger partial charge on any atom is -0.455 e. The van der Waals surface area contributed by atoms with Crippen molar-refractivity contribution in [1.82, 2.24) is 19.4 Å². The lowest BCUT2D eigenvalue weighted by Crippen LogP contribution is -2.45. The molecule has 4 rings (SSSR count). The molecule has 29 heavy (non-hydrogen) atoms. The molecule has 0 radical (unpaired) electrons. The molecule has 2 aliphatic heterocycles. The molecule has 2 aromatic heterocycles. The highest BCUT2D eigenvalue weighted by Crippen LogP contribution is 2.25. The fourth-order valence-corrected chi connectivity index (χ4v) is 5.19. The van der Waals surface area contributed by atoms with Gasteiger partial charge in [-0.15, -0.1) is 0 Å². The summed E-state index contributed by atoms with van der Waals surface area (Å²) in [5.74, 6) is 3.43. The third kappa shape index (κ3) is 5.25. The fourth-order valence-electron chi connectivity index (χ4n) is 4.36. The van der Waals surface area contributed by atoms with Crippen LogP contribution in [0.5, 0.6) is 0 Å². The second-order valence-electron chi connectivity index (χ2n) is 8.62. The Hall–Kier alpha value is -1.73. The van der Waals surface area contributed by atoms with Gasteiger partial charge in [-0.25, -0.2) is 4.98 Å². The topological polar surface area (TPSA) is 54.5 Å². The van der Waals surface area contributed by atoms with E-state index in [4.69, 9.17) is 4.42 Å². The number of aromatic nitrogens is 2. The number of hydrogen-bond donors (Lipinski definition) is 0. The van der Waals surface area contributed by atoms with Crippen LogP contribution in [0.2, 0.25) is 0 Å². The van der Waals surface area contributed by atoms with Gasteiger partial charge in [-0.05, 0) is 62.7 Å². The molecule has 2 aromatic rings. The summed E-state index contributed by atoms with van der Waals surface area (Å²) in [7, 11) is 1.98. The summed E-state index contributed by atoms with van der Waals surface area (Å²) in [6.07, 6.45) is 8.64. The molecular weight excluding hydrogens is 384 g/mol. The van der Waals surface area contributed by atoms with E-state index in [2.05, 4.69) is 16.8 Å². The van der Waals surface area contributed by atoms with Crippen LogP contribution in [0.1, 0.15) is 48.9 Å². The molecule has 0 saturated carbocycles. The highest BCUT2D eigenvalue weighted by Gasteiger charge is 2.28. The Morgan fingerprint density at radius 2 is 2.07 bits per heavy atom. The summed E-state index contributed by atoms with van der Waals surface area (Å²) in [5, 5.41) is 0.945. The van der Waals surface area contributed by atoms with E-state index in [0.29, 0.717) is 17.4 Å². The van der Waals surface area contributed by atoms with Crippen LogP contribution in [0.15, 0.2) is 34.1 Å². The maximum Gasteiger partial charge on any atom is 0.289 e. The van der Waals surface area contributed by atoms with Crippen molar-refractivity contribution in [3.05, 3.63) is 36.0 Å². The van der Waals surface area contributed by atoms with Gasteiger partial charge in [0.1, 0.15) is 5.76 Å². The van der Waals surface area contributed by atoms with Crippen LogP contribution >= 0.6 is 11.8 Å². The SMILES string of the molecule is CC1CCN(CC2CCCN(C(=O)c3ccc(CSc4nccn4C)o3)C2)CC1. The predicted octanol–water partition coefficient (Wildman–Crippen LogP) is 3.89.